The normalized spacial score (nSPS) is 13.0. The van der Waals surface area contributed by atoms with Gasteiger partial charge in [-0.15, -0.1) is 21.5 Å². The SMILES string of the molecule is O=C(NCc1nnc2n1CCC2)c1ccc(-c2ccccc2F)s1. The van der Waals surface area contributed by atoms with Gasteiger partial charge in [0, 0.05) is 23.4 Å². The van der Waals surface area contributed by atoms with Crippen molar-refractivity contribution in [3.05, 3.63) is 58.7 Å². The Kier molecular flexibility index (Phi) is 3.86. The van der Waals surface area contributed by atoms with Crippen LogP contribution in [0.1, 0.15) is 27.7 Å². The van der Waals surface area contributed by atoms with Crippen LogP contribution in [0.2, 0.25) is 0 Å². The fourth-order valence-electron chi connectivity index (χ4n) is 2.85. The third-order valence-corrected chi connectivity index (χ3v) is 5.18. The number of carbonyl (C=O) groups excluding carboxylic acids is 1. The number of nitrogens with one attached hydrogen (secondary N) is 1. The number of thiophene rings is 1. The van der Waals surface area contributed by atoms with Gasteiger partial charge in [0.15, 0.2) is 5.82 Å². The number of fused-ring (bicyclic) bond motifs is 1. The maximum Gasteiger partial charge on any atom is 0.261 e. The Balaban J connectivity index is 1.46. The van der Waals surface area contributed by atoms with Gasteiger partial charge in [-0.2, -0.15) is 0 Å². The van der Waals surface area contributed by atoms with Crippen molar-refractivity contribution in [3.8, 4) is 10.4 Å². The monoisotopic (exact) mass is 342 g/mol. The minimum atomic E-state index is -0.287. The lowest BCUT2D eigenvalue weighted by Gasteiger charge is -2.04. The summed E-state index contributed by atoms with van der Waals surface area (Å²) in [6.07, 6.45) is 2.01. The lowest BCUT2D eigenvalue weighted by Crippen LogP contribution is -2.23. The first-order valence-corrected chi connectivity index (χ1v) is 8.58. The highest BCUT2D eigenvalue weighted by molar-refractivity contribution is 7.17. The molecule has 0 radical (unpaired) electrons. The number of benzene rings is 1. The highest BCUT2D eigenvalue weighted by Crippen LogP contribution is 2.30. The standard InChI is InChI=1S/C17H15FN4OS/c18-12-5-2-1-4-11(12)13-7-8-14(24-13)17(23)19-10-16-21-20-15-6-3-9-22(15)16/h1-2,4-5,7-8H,3,6,9-10H2,(H,19,23). The summed E-state index contributed by atoms with van der Waals surface area (Å²) in [6.45, 7) is 1.25. The zero-order valence-corrected chi connectivity index (χ0v) is 13.6. The second kappa shape index (κ2) is 6.16. The molecule has 1 aliphatic heterocycles. The van der Waals surface area contributed by atoms with Crippen LogP contribution in [0.3, 0.4) is 0 Å². The molecule has 0 bridgehead atoms. The van der Waals surface area contributed by atoms with Gasteiger partial charge < -0.3 is 9.88 Å². The van der Waals surface area contributed by atoms with E-state index in [0.717, 1.165) is 35.9 Å². The number of nitrogens with zero attached hydrogens (tertiary/aromatic N) is 3. The van der Waals surface area contributed by atoms with Gasteiger partial charge in [0.2, 0.25) is 0 Å². The molecule has 24 heavy (non-hydrogen) atoms. The summed E-state index contributed by atoms with van der Waals surface area (Å²) in [4.78, 5) is 13.6. The summed E-state index contributed by atoms with van der Waals surface area (Å²) in [5, 5.41) is 11.1. The Morgan fingerprint density at radius 3 is 3.00 bits per heavy atom. The largest absolute Gasteiger partial charge is 0.344 e. The molecule has 1 aromatic carbocycles. The summed E-state index contributed by atoms with van der Waals surface area (Å²) >= 11 is 1.28. The predicted molar refractivity (Wildman–Crippen MR) is 89.2 cm³/mol. The zero-order valence-electron chi connectivity index (χ0n) is 12.8. The summed E-state index contributed by atoms with van der Waals surface area (Å²) in [5.74, 6) is 1.29. The van der Waals surface area contributed by atoms with Crippen LogP contribution in [-0.4, -0.2) is 20.7 Å². The molecule has 1 amide bonds. The molecule has 0 unspecified atom stereocenters. The highest BCUT2D eigenvalue weighted by Gasteiger charge is 2.18. The van der Waals surface area contributed by atoms with Crippen LogP contribution in [0.15, 0.2) is 36.4 Å². The van der Waals surface area contributed by atoms with Crippen molar-refractivity contribution in [1.29, 1.82) is 0 Å². The molecule has 0 spiro atoms. The second-order valence-corrected chi connectivity index (χ2v) is 6.70. The summed E-state index contributed by atoms with van der Waals surface area (Å²) in [6, 6.07) is 10.0. The molecule has 5 nitrogen and oxygen atoms in total. The van der Waals surface area contributed by atoms with Gasteiger partial charge in [-0.05, 0) is 24.6 Å². The van der Waals surface area contributed by atoms with E-state index in [1.165, 1.54) is 17.4 Å². The van der Waals surface area contributed by atoms with E-state index in [1.807, 2.05) is 0 Å². The van der Waals surface area contributed by atoms with E-state index in [1.54, 1.807) is 30.3 Å². The third-order valence-electron chi connectivity index (χ3n) is 4.06. The molecule has 1 N–H and O–H groups in total. The molecule has 122 valence electrons. The van der Waals surface area contributed by atoms with Crippen molar-refractivity contribution < 1.29 is 9.18 Å². The quantitative estimate of drug-likeness (QED) is 0.793. The lowest BCUT2D eigenvalue weighted by atomic mass is 10.2. The summed E-state index contributed by atoms with van der Waals surface area (Å²) in [7, 11) is 0. The van der Waals surface area contributed by atoms with Crippen LogP contribution in [0.5, 0.6) is 0 Å². The molecule has 1 aliphatic rings. The van der Waals surface area contributed by atoms with Crippen molar-refractivity contribution in [2.45, 2.75) is 25.9 Å². The molecule has 0 saturated carbocycles. The van der Waals surface area contributed by atoms with Crippen molar-refractivity contribution in [1.82, 2.24) is 20.1 Å². The molecular formula is C17H15FN4OS. The molecule has 0 aliphatic carbocycles. The summed E-state index contributed by atoms with van der Waals surface area (Å²) < 4.78 is 15.9. The van der Waals surface area contributed by atoms with E-state index in [4.69, 9.17) is 0 Å². The first-order chi connectivity index (χ1) is 11.7. The molecule has 0 fully saturated rings. The Morgan fingerprint density at radius 1 is 1.25 bits per heavy atom. The first kappa shape index (κ1) is 15.0. The maximum absolute atomic E-state index is 13.8. The lowest BCUT2D eigenvalue weighted by molar-refractivity contribution is 0.0953. The number of rotatable bonds is 4. The van der Waals surface area contributed by atoms with Gasteiger partial charge in [-0.3, -0.25) is 4.79 Å². The van der Waals surface area contributed by atoms with Gasteiger partial charge in [-0.25, -0.2) is 4.39 Å². The number of amides is 1. The number of aromatic nitrogens is 3. The van der Waals surface area contributed by atoms with Gasteiger partial charge in [0.1, 0.15) is 11.6 Å². The van der Waals surface area contributed by atoms with Gasteiger partial charge >= 0.3 is 0 Å². The molecule has 3 aromatic rings. The summed E-state index contributed by atoms with van der Waals surface area (Å²) in [5.41, 5.74) is 0.511. The Labute approximate surface area is 142 Å². The number of hydrogen-bond donors (Lipinski definition) is 1. The zero-order chi connectivity index (χ0) is 16.5. The maximum atomic E-state index is 13.8. The molecule has 7 heteroatoms. The van der Waals surface area contributed by atoms with Crippen molar-refractivity contribution >= 4 is 17.2 Å². The van der Waals surface area contributed by atoms with Crippen LogP contribution >= 0.6 is 11.3 Å². The van der Waals surface area contributed by atoms with Crippen LogP contribution in [0.4, 0.5) is 4.39 Å². The number of carbonyl (C=O) groups is 1. The van der Waals surface area contributed by atoms with E-state index < -0.39 is 0 Å². The number of halogens is 1. The minimum Gasteiger partial charge on any atom is -0.344 e. The van der Waals surface area contributed by atoms with E-state index in [9.17, 15) is 9.18 Å². The number of aryl methyl sites for hydroxylation is 1. The molecule has 2 aromatic heterocycles. The fraction of sp³-hybridized carbons (Fsp3) is 0.235. The van der Waals surface area contributed by atoms with Gasteiger partial charge in [0.05, 0.1) is 11.4 Å². The van der Waals surface area contributed by atoms with Crippen LogP contribution in [-0.2, 0) is 19.5 Å². The Bertz CT molecular complexity index is 902. The van der Waals surface area contributed by atoms with Crippen molar-refractivity contribution in [2.75, 3.05) is 0 Å². The first-order valence-electron chi connectivity index (χ1n) is 7.76. The number of hydrogen-bond acceptors (Lipinski definition) is 4. The molecule has 0 atom stereocenters. The fourth-order valence-corrected chi connectivity index (χ4v) is 3.80. The van der Waals surface area contributed by atoms with Crippen LogP contribution in [0.25, 0.3) is 10.4 Å². The molecule has 0 saturated heterocycles. The second-order valence-electron chi connectivity index (χ2n) is 5.61. The Hall–Kier alpha value is -2.54. The minimum absolute atomic E-state index is 0.182. The van der Waals surface area contributed by atoms with E-state index in [-0.39, 0.29) is 11.7 Å². The Morgan fingerprint density at radius 2 is 2.12 bits per heavy atom. The van der Waals surface area contributed by atoms with E-state index >= 15 is 0 Å². The molecular weight excluding hydrogens is 327 g/mol. The van der Waals surface area contributed by atoms with Crippen LogP contribution < -0.4 is 5.32 Å². The smallest absolute Gasteiger partial charge is 0.261 e. The van der Waals surface area contributed by atoms with Crippen molar-refractivity contribution in [3.63, 3.8) is 0 Å². The average Bonchev–Trinajstić information content (AvgIpc) is 3.30. The van der Waals surface area contributed by atoms with Gasteiger partial charge in [0.25, 0.3) is 5.91 Å². The van der Waals surface area contributed by atoms with Crippen LogP contribution in [0, 0.1) is 5.82 Å². The van der Waals surface area contributed by atoms with Gasteiger partial charge in [-0.1, -0.05) is 18.2 Å². The topological polar surface area (TPSA) is 59.8 Å². The highest BCUT2D eigenvalue weighted by atomic mass is 32.1. The molecule has 4 rings (SSSR count). The third kappa shape index (κ3) is 2.71. The predicted octanol–water partition coefficient (Wildman–Crippen LogP) is 3.02. The van der Waals surface area contributed by atoms with E-state index in [2.05, 4.69) is 20.1 Å². The van der Waals surface area contributed by atoms with E-state index in [0.29, 0.717) is 17.0 Å². The average molecular weight is 342 g/mol. The van der Waals surface area contributed by atoms with Crippen molar-refractivity contribution in [2.24, 2.45) is 0 Å². The molecule has 3 heterocycles.